The van der Waals surface area contributed by atoms with Crippen molar-refractivity contribution >= 4 is 52.3 Å². The summed E-state index contributed by atoms with van der Waals surface area (Å²) >= 11 is 11.7. The predicted molar refractivity (Wildman–Crippen MR) is 86.0 cm³/mol. The van der Waals surface area contributed by atoms with Crippen LogP contribution in [-0.2, 0) is 4.79 Å². The third kappa shape index (κ3) is 4.39. The highest BCUT2D eigenvalue weighted by Crippen LogP contribution is 2.27. The second-order valence-electron chi connectivity index (χ2n) is 4.41. The summed E-state index contributed by atoms with van der Waals surface area (Å²) in [6, 6.07) is 4.71. The molecular weight excluding hydrogens is 370 g/mol. The van der Waals surface area contributed by atoms with Gasteiger partial charge in [0.1, 0.15) is 5.69 Å². The van der Waals surface area contributed by atoms with Crippen LogP contribution in [0.5, 0.6) is 0 Å². The highest BCUT2D eigenvalue weighted by atomic mass is 35.5. The molecule has 0 aliphatic rings. The van der Waals surface area contributed by atoms with Crippen molar-refractivity contribution in [2.24, 2.45) is 0 Å². The monoisotopic (exact) mass is 379 g/mol. The average Bonchev–Trinajstić information content (AvgIpc) is 2.51. The van der Waals surface area contributed by atoms with Gasteiger partial charge in [0.05, 0.1) is 16.2 Å². The lowest BCUT2D eigenvalue weighted by Crippen LogP contribution is -2.30. The van der Waals surface area contributed by atoms with Gasteiger partial charge < -0.3 is 16.0 Å². The zero-order valence-electron chi connectivity index (χ0n) is 12.0. The van der Waals surface area contributed by atoms with Crippen molar-refractivity contribution in [3.05, 3.63) is 34.4 Å². The summed E-state index contributed by atoms with van der Waals surface area (Å²) in [7, 11) is 1.44. The van der Waals surface area contributed by atoms with Crippen molar-refractivity contribution in [2.75, 3.05) is 23.0 Å². The molecule has 24 heavy (non-hydrogen) atoms. The van der Waals surface area contributed by atoms with Gasteiger partial charge in [-0.25, -0.2) is 4.98 Å². The van der Waals surface area contributed by atoms with E-state index < -0.39 is 12.1 Å². The molecule has 3 N–H and O–H groups in total. The summed E-state index contributed by atoms with van der Waals surface area (Å²) < 4.78 is 36.9. The Kier molecular flexibility index (Phi) is 5.35. The van der Waals surface area contributed by atoms with Crippen LogP contribution in [0.25, 0.3) is 0 Å². The molecule has 6 nitrogen and oxygen atoms in total. The van der Waals surface area contributed by atoms with Crippen molar-refractivity contribution in [3.63, 3.8) is 0 Å². The Bertz CT molecular complexity index is 770. The molecule has 2 rings (SSSR count). The average molecular weight is 380 g/mol. The molecule has 0 aliphatic heterocycles. The number of carbonyl (C=O) groups is 1. The molecule has 0 spiro atoms. The van der Waals surface area contributed by atoms with Crippen molar-refractivity contribution in [2.45, 2.75) is 6.18 Å². The van der Waals surface area contributed by atoms with Gasteiger partial charge in [-0.1, -0.05) is 23.2 Å². The molecule has 128 valence electrons. The SMILES string of the molecule is CNc1nc(Nc2ccc(Cl)c(Cl)c2)ncc1NC(=O)C(F)(F)F. The van der Waals surface area contributed by atoms with Crippen LogP contribution in [0.1, 0.15) is 0 Å². The molecule has 0 unspecified atom stereocenters. The molecule has 1 heterocycles. The molecule has 1 amide bonds. The van der Waals surface area contributed by atoms with E-state index in [1.165, 1.54) is 13.1 Å². The maximum atomic E-state index is 12.3. The number of anilines is 4. The minimum atomic E-state index is -5.01. The quantitative estimate of drug-likeness (QED) is 0.746. The summed E-state index contributed by atoms with van der Waals surface area (Å²) in [5.41, 5.74) is 0.318. The van der Waals surface area contributed by atoms with Crippen LogP contribution in [0.15, 0.2) is 24.4 Å². The number of carbonyl (C=O) groups excluding carboxylic acids is 1. The Labute approximate surface area is 144 Å². The molecule has 0 fully saturated rings. The van der Waals surface area contributed by atoms with Crippen molar-refractivity contribution in [1.82, 2.24) is 9.97 Å². The summed E-state index contributed by atoms with van der Waals surface area (Å²) in [6.45, 7) is 0. The molecule has 1 aromatic carbocycles. The van der Waals surface area contributed by atoms with E-state index in [1.807, 2.05) is 0 Å². The van der Waals surface area contributed by atoms with Crippen molar-refractivity contribution < 1.29 is 18.0 Å². The Hall–Kier alpha value is -2.26. The van der Waals surface area contributed by atoms with Crippen LogP contribution >= 0.6 is 23.2 Å². The van der Waals surface area contributed by atoms with E-state index in [9.17, 15) is 18.0 Å². The number of aromatic nitrogens is 2. The molecule has 11 heteroatoms. The van der Waals surface area contributed by atoms with Gasteiger partial charge in [-0.15, -0.1) is 0 Å². The molecule has 0 aliphatic carbocycles. The largest absolute Gasteiger partial charge is 0.471 e. The minimum absolute atomic E-state index is 0.00478. The summed E-state index contributed by atoms with van der Waals surface area (Å²) in [5, 5.41) is 7.76. The maximum Gasteiger partial charge on any atom is 0.471 e. The number of hydrogen-bond acceptors (Lipinski definition) is 5. The van der Waals surface area contributed by atoms with E-state index in [0.717, 1.165) is 6.20 Å². The van der Waals surface area contributed by atoms with Gasteiger partial charge in [0.2, 0.25) is 5.95 Å². The molecule has 0 radical (unpaired) electrons. The summed E-state index contributed by atoms with van der Waals surface area (Å²) in [4.78, 5) is 18.8. The molecule has 0 bridgehead atoms. The zero-order chi connectivity index (χ0) is 17.9. The van der Waals surface area contributed by atoms with E-state index >= 15 is 0 Å². The van der Waals surface area contributed by atoms with Gasteiger partial charge in [-0.3, -0.25) is 4.79 Å². The smallest absolute Gasteiger partial charge is 0.371 e. The number of rotatable bonds is 4. The van der Waals surface area contributed by atoms with Gasteiger partial charge in [0, 0.05) is 12.7 Å². The van der Waals surface area contributed by atoms with E-state index in [4.69, 9.17) is 23.2 Å². The van der Waals surface area contributed by atoms with Crippen LogP contribution in [0.4, 0.5) is 36.3 Å². The lowest BCUT2D eigenvalue weighted by molar-refractivity contribution is -0.167. The van der Waals surface area contributed by atoms with Gasteiger partial charge in [-0.2, -0.15) is 18.2 Å². The highest BCUT2D eigenvalue weighted by molar-refractivity contribution is 6.42. The predicted octanol–water partition coefficient (Wildman–Crippen LogP) is 4.07. The molecule has 0 atom stereocenters. The van der Waals surface area contributed by atoms with Gasteiger partial charge in [0.15, 0.2) is 5.82 Å². The fourth-order valence-electron chi connectivity index (χ4n) is 1.62. The van der Waals surface area contributed by atoms with Crippen LogP contribution in [0.2, 0.25) is 10.0 Å². The topological polar surface area (TPSA) is 78.9 Å². The number of nitrogens with one attached hydrogen (secondary N) is 3. The van der Waals surface area contributed by atoms with Crippen LogP contribution in [0.3, 0.4) is 0 Å². The Morgan fingerprint density at radius 2 is 1.92 bits per heavy atom. The number of nitrogens with zero attached hydrogens (tertiary/aromatic N) is 2. The normalized spacial score (nSPS) is 11.1. The first-order valence-corrected chi connectivity index (χ1v) is 7.11. The molecule has 0 saturated carbocycles. The third-order valence-electron chi connectivity index (χ3n) is 2.71. The molecule has 1 aromatic heterocycles. The van der Waals surface area contributed by atoms with Crippen LogP contribution in [-0.4, -0.2) is 29.1 Å². The fourth-order valence-corrected chi connectivity index (χ4v) is 1.92. The molecule has 0 saturated heterocycles. The first-order valence-electron chi connectivity index (χ1n) is 6.35. The second-order valence-corrected chi connectivity index (χ2v) is 5.23. The highest BCUT2D eigenvalue weighted by Gasteiger charge is 2.39. The van der Waals surface area contributed by atoms with Gasteiger partial charge in [0.25, 0.3) is 0 Å². The fraction of sp³-hybridized carbons (Fsp3) is 0.154. The molecular formula is C13H10Cl2F3N5O. The van der Waals surface area contributed by atoms with Crippen molar-refractivity contribution in [1.29, 1.82) is 0 Å². The standard InChI is InChI=1S/C13H10Cl2F3N5O/c1-19-10-9(22-11(24)13(16,17)18)5-20-12(23-10)21-6-2-3-7(14)8(15)4-6/h2-5H,1H3,(H,22,24)(H2,19,20,21,23). The first-order chi connectivity index (χ1) is 11.2. The lowest BCUT2D eigenvalue weighted by atomic mass is 10.3. The van der Waals surface area contributed by atoms with Gasteiger partial charge >= 0.3 is 12.1 Å². The number of alkyl halides is 3. The summed E-state index contributed by atoms with van der Waals surface area (Å²) in [6.07, 6.45) is -3.97. The van der Waals surface area contributed by atoms with Crippen molar-refractivity contribution in [3.8, 4) is 0 Å². The molecule has 2 aromatic rings. The second kappa shape index (κ2) is 7.10. The van der Waals surface area contributed by atoms with Crippen LogP contribution in [0, 0.1) is 0 Å². The Morgan fingerprint density at radius 3 is 2.50 bits per heavy atom. The van der Waals surface area contributed by atoms with Gasteiger partial charge in [-0.05, 0) is 18.2 Å². The van der Waals surface area contributed by atoms with E-state index in [2.05, 4.69) is 20.6 Å². The minimum Gasteiger partial charge on any atom is -0.371 e. The van der Waals surface area contributed by atoms with E-state index in [-0.39, 0.29) is 17.5 Å². The Morgan fingerprint density at radius 1 is 1.21 bits per heavy atom. The number of benzene rings is 1. The maximum absolute atomic E-state index is 12.3. The number of halogens is 5. The number of hydrogen-bond donors (Lipinski definition) is 3. The zero-order valence-corrected chi connectivity index (χ0v) is 13.5. The van der Waals surface area contributed by atoms with E-state index in [0.29, 0.717) is 15.7 Å². The van der Waals surface area contributed by atoms with E-state index in [1.54, 1.807) is 17.4 Å². The number of amides is 1. The van der Waals surface area contributed by atoms with Crippen LogP contribution < -0.4 is 16.0 Å². The summed E-state index contributed by atoms with van der Waals surface area (Å²) in [5.74, 6) is -2.03. The first kappa shape index (κ1) is 18.1. The lowest BCUT2D eigenvalue weighted by Gasteiger charge is -2.13. The Balaban J connectivity index is 2.22. The third-order valence-corrected chi connectivity index (χ3v) is 3.45.